The molecule has 0 saturated heterocycles. The van der Waals surface area contributed by atoms with Crippen molar-refractivity contribution in [1.82, 2.24) is 0 Å². The third-order valence-electron chi connectivity index (χ3n) is 3.40. The molecule has 0 amide bonds. The van der Waals surface area contributed by atoms with E-state index in [1.165, 1.54) is 5.56 Å². The summed E-state index contributed by atoms with van der Waals surface area (Å²) in [7, 11) is 0. The van der Waals surface area contributed by atoms with Gasteiger partial charge < -0.3 is 10.5 Å². The van der Waals surface area contributed by atoms with Gasteiger partial charge in [-0.05, 0) is 64.7 Å². The predicted octanol–water partition coefficient (Wildman–Crippen LogP) is 5.27. The molecule has 0 aromatic heterocycles. The first kappa shape index (κ1) is 16.3. The summed E-state index contributed by atoms with van der Waals surface area (Å²) in [6.45, 7) is 4.10. The first-order valence-corrected chi connectivity index (χ1v) is 8.12. The molecule has 4 heteroatoms. The van der Waals surface area contributed by atoms with Crippen molar-refractivity contribution in [3.05, 3.63) is 63.1 Å². The van der Waals surface area contributed by atoms with Gasteiger partial charge in [-0.1, -0.05) is 36.7 Å². The maximum atomic E-state index is 6.24. The molecule has 2 aromatic rings. The van der Waals surface area contributed by atoms with Gasteiger partial charge in [0.2, 0.25) is 0 Å². The lowest BCUT2D eigenvalue weighted by Crippen LogP contribution is -2.31. The number of ether oxygens (including phenoxy) is 1. The highest BCUT2D eigenvalue weighted by Gasteiger charge is 2.21. The minimum absolute atomic E-state index is 0.0839. The van der Waals surface area contributed by atoms with E-state index >= 15 is 0 Å². The molecular formula is C17H19BrClNO. The maximum absolute atomic E-state index is 6.24. The predicted molar refractivity (Wildman–Crippen MR) is 92.0 cm³/mol. The van der Waals surface area contributed by atoms with Crippen LogP contribution in [0.4, 0.5) is 0 Å². The molecular weight excluding hydrogens is 350 g/mol. The van der Waals surface area contributed by atoms with Gasteiger partial charge in [0, 0.05) is 11.1 Å². The number of hydrogen-bond donors (Lipinski definition) is 1. The van der Waals surface area contributed by atoms with Gasteiger partial charge in [0.15, 0.2) is 0 Å². The smallest absolute Gasteiger partial charge is 0.139 e. The molecule has 0 aliphatic rings. The van der Waals surface area contributed by atoms with Crippen LogP contribution in [0.25, 0.3) is 0 Å². The van der Waals surface area contributed by atoms with Crippen LogP contribution >= 0.6 is 27.5 Å². The van der Waals surface area contributed by atoms with E-state index < -0.39 is 0 Å². The summed E-state index contributed by atoms with van der Waals surface area (Å²) in [6.07, 6.45) is 0.628. The van der Waals surface area contributed by atoms with Crippen LogP contribution in [0.15, 0.2) is 46.9 Å². The van der Waals surface area contributed by atoms with E-state index in [0.717, 1.165) is 22.2 Å². The van der Waals surface area contributed by atoms with Crippen molar-refractivity contribution in [2.75, 3.05) is 0 Å². The fourth-order valence-electron chi connectivity index (χ4n) is 2.11. The van der Waals surface area contributed by atoms with Crippen molar-refractivity contribution in [3.63, 3.8) is 0 Å². The van der Waals surface area contributed by atoms with E-state index in [9.17, 15) is 0 Å². The number of halogens is 2. The van der Waals surface area contributed by atoms with Gasteiger partial charge in [-0.2, -0.15) is 0 Å². The van der Waals surface area contributed by atoms with Gasteiger partial charge in [0.1, 0.15) is 11.9 Å². The van der Waals surface area contributed by atoms with Crippen LogP contribution in [0.5, 0.6) is 5.75 Å². The molecule has 21 heavy (non-hydrogen) atoms. The van der Waals surface area contributed by atoms with Gasteiger partial charge in [0.25, 0.3) is 0 Å². The Morgan fingerprint density at radius 1 is 1.19 bits per heavy atom. The van der Waals surface area contributed by atoms with Crippen molar-refractivity contribution >= 4 is 27.5 Å². The summed E-state index contributed by atoms with van der Waals surface area (Å²) in [6, 6.07) is 13.6. The number of nitrogens with two attached hydrogens (primary N) is 1. The Morgan fingerprint density at radius 2 is 1.86 bits per heavy atom. The molecule has 0 aliphatic carbocycles. The highest BCUT2D eigenvalue weighted by molar-refractivity contribution is 9.10. The van der Waals surface area contributed by atoms with E-state index in [1.807, 2.05) is 49.4 Å². The highest BCUT2D eigenvalue weighted by atomic mass is 79.9. The topological polar surface area (TPSA) is 35.2 Å². The Balaban J connectivity index is 2.30. The number of rotatable bonds is 5. The molecule has 0 aliphatic heterocycles. The lowest BCUT2D eigenvalue weighted by Gasteiger charge is -2.25. The normalized spacial score (nSPS) is 13.8. The average molecular weight is 369 g/mol. The Labute approximate surface area is 139 Å². The average Bonchev–Trinajstić information content (AvgIpc) is 2.47. The zero-order valence-corrected chi connectivity index (χ0v) is 14.5. The monoisotopic (exact) mass is 367 g/mol. The molecule has 0 bridgehead atoms. The van der Waals surface area contributed by atoms with E-state index in [0.29, 0.717) is 5.02 Å². The van der Waals surface area contributed by atoms with E-state index in [4.69, 9.17) is 22.1 Å². The number of aryl methyl sites for hydroxylation is 1. The Morgan fingerprint density at radius 3 is 2.43 bits per heavy atom. The molecule has 2 unspecified atom stereocenters. The first-order valence-electron chi connectivity index (χ1n) is 6.95. The van der Waals surface area contributed by atoms with Crippen LogP contribution in [0, 0.1) is 6.92 Å². The fourth-order valence-corrected chi connectivity index (χ4v) is 2.82. The van der Waals surface area contributed by atoms with Gasteiger partial charge in [-0.15, -0.1) is 0 Å². The molecule has 2 atom stereocenters. The van der Waals surface area contributed by atoms with Crippen molar-refractivity contribution in [2.45, 2.75) is 32.4 Å². The summed E-state index contributed by atoms with van der Waals surface area (Å²) in [5, 5.41) is 0.707. The molecule has 0 spiro atoms. The van der Waals surface area contributed by atoms with E-state index in [2.05, 4.69) is 22.9 Å². The molecule has 0 radical (unpaired) electrons. The summed E-state index contributed by atoms with van der Waals surface area (Å²) < 4.78 is 7.10. The zero-order chi connectivity index (χ0) is 15.4. The van der Waals surface area contributed by atoms with Crippen LogP contribution in [-0.2, 0) is 0 Å². The molecule has 2 aromatic carbocycles. The molecule has 112 valence electrons. The van der Waals surface area contributed by atoms with Crippen LogP contribution in [0.1, 0.15) is 30.6 Å². The highest BCUT2D eigenvalue weighted by Crippen LogP contribution is 2.32. The molecule has 2 rings (SSSR count). The quantitative estimate of drug-likeness (QED) is 0.780. The van der Waals surface area contributed by atoms with Gasteiger partial charge >= 0.3 is 0 Å². The fraction of sp³-hybridized carbons (Fsp3) is 0.294. The minimum atomic E-state index is -0.203. The number of benzene rings is 2. The molecule has 0 saturated carbocycles. The second-order valence-electron chi connectivity index (χ2n) is 5.10. The summed E-state index contributed by atoms with van der Waals surface area (Å²) in [5.41, 5.74) is 8.45. The minimum Gasteiger partial charge on any atom is -0.483 e. The standard InChI is InChI=1S/C17H19BrClNO/c1-3-15(20)17(12-5-7-13(19)8-6-12)21-16-9-4-11(2)10-14(16)18/h4-10,15,17H,3,20H2,1-2H3. The molecule has 2 N–H and O–H groups in total. The summed E-state index contributed by atoms with van der Waals surface area (Å²) >= 11 is 9.50. The SMILES string of the molecule is CCC(N)C(Oc1ccc(C)cc1Br)c1ccc(Cl)cc1. The Bertz CT molecular complexity index is 600. The Hall–Kier alpha value is -1.03. The molecule has 0 heterocycles. The first-order chi connectivity index (χ1) is 10.0. The summed E-state index contributed by atoms with van der Waals surface area (Å²) in [4.78, 5) is 0. The van der Waals surface area contributed by atoms with Crippen LogP contribution < -0.4 is 10.5 Å². The lowest BCUT2D eigenvalue weighted by atomic mass is 10.0. The van der Waals surface area contributed by atoms with Crippen molar-refractivity contribution in [3.8, 4) is 5.75 Å². The van der Waals surface area contributed by atoms with E-state index in [1.54, 1.807) is 0 Å². The van der Waals surface area contributed by atoms with Gasteiger partial charge in [-0.3, -0.25) is 0 Å². The second-order valence-corrected chi connectivity index (χ2v) is 6.39. The third kappa shape index (κ3) is 4.22. The van der Waals surface area contributed by atoms with E-state index in [-0.39, 0.29) is 12.1 Å². The number of hydrogen-bond acceptors (Lipinski definition) is 2. The zero-order valence-electron chi connectivity index (χ0n) is 12.1. The largest absolute Gasteiger partial charge is 0.483 e. The molecule has 0 fully saturated rings. The Kier molecular flexibility index (Phi) is 5.68. The third-order valence-corrected chi connectivity index (χ3v) is 4.27. The van der Waals surface area contributed by atoms with Crippen LogP contribution in [0.2, 0.25) is 5.02 Å². The van der Waals surface area contributed by atoms with Crippen molar-refractivity contribution in [2.24, 2.45) is 5.73 Å². The molecule has 2 nitrogen and oxygen atoms in total. The van der Waals surface area contributed by atoms with Gasteiger partial charge in [0.05, 0.1) is 4.47 Å². The van der Waals surface area contributed by atoms with Gasteiger partial charge in [-0.25, -0.2) is 0 Å². The summed E-state index contributed by atoms with van der Waals surface area (Å²) in [5.74, 6) is 0.796. The van der Waals surface area contributed by atoms with Crippen molar-refractivity contribution in [1.29, 1.82) is 0 Å². The maximum Gasteiger partial charge on any atom is 0.139 e. The lowest BCUT2D eigenvalue weighted by molar-refractivity contribution is 0.170. The van der Waals surface area contributed by atoms with Crippen LogP contribution in [0.3, 0.4) is 0 Å². The second kappa shape index (κ2) is 7.30. The van der Waals surface area contributed by atoms with Crippen molar-refractivity contribution < 1.29 is 4.74 Å². The van der Waals surface area contributed by atoms with Crippen LogP contribution in [-0.4, -0.2) is 6.04 Å².